The molecule has 1 rings (SSSR count). The number of rotatable bonds is 1. The molecular formula is C11H11BrO. The van der Waals surface area contributed by atoms with Crippen molar-refractivity contribution >= 4 is 15.9 Å². The van der Waals surface area contributed by atoms with Crippen molar-refractivity contribution in [2.45, 2.75) is 13.3 Å². The van der Waals surface area contributed by atoms with Gasteiger partial charge in [-0.25, -0.2) is 0 Å². The van der Waals surface area contributed by atoms with Crippen LogP contribution in [-0.2, 0) is 0 Å². The highest BCUT2D eigenvalue weighted by atomic mass is 79.9. The Morgan fingerprint density at radius 1 is 1.46 bits per heavy atom. The topological polar surface area (TPSA) is 20.2 Å². The monoisotopic (exact) mass is 238 g/mol. The molecule has 1 aromatic rings. The molecule has 0 radical (unpaired) electrons. The maximum absolute atomic E-state index is 9.38. The summed E-state index contributed by atoms with van der Waals surface area (Å²) in [6.07, 6.45) is 0.828. The minimum atomic E-state index is 0.311. The minimum absolute atomic E-state index is 0.311. The van der Waals surface area contributed by atoms with E-state index in [0.717, 1.165) is 22.9 Å². The molecular weight excluding hydrogens is 228 g/mol. The van der Waals surface area contributed by atoms with Gasteiger partial charge in [-0.1, -0.05) is 33.8 Å². The van der Waals surface area contributed by atoms with Gasteiger partial charge in [-0.3, -0.25) is 0 Å². The number of hydrogen-bond donors (Lipinski definition) is 1. The molecule has 1 aromatic carbocycles. The van der Waals surface area contributed by atoms with Crippen molar-refractivity contribution in [3.05, 3.63) is 29.3 Å². The van der Waals surface area contributed by atoms with E-state index in [0.29, 0.717) is 5.75 Å². The van der Waals surface area contributed by atoms with Gasteiger partial charge in [0.05, 0.1) is 0 Å². The number of hydrogen-bond acceptors (Lipinski definition) is 1. The maximum atomic E-state index is 9.38. The SMILES string of the molecule is Cc1ccc(C#CCCBr)cc1O. The number of halogens is 1. The predicted octanol–water partition coefficient (Wildman–Crippen LogP) is 2.84. The Morgan fingerprint density at radius 2 is 2.23 bits per heavy atom. The van der Waals surface area contributed by atoms with Crippen molar-refractivity contribution in [1.82, 2.24) is 0 Å². The summed E-state index contributed by atoms with van der Waals surface area (Å²) in [6.45, 7) is 1.87. The second-order valence-electron chi connectivity index (χ2n) is 2.74. The highest BCUT2D eigenvalue weighted by Gasteiger charge is 1.94. The second-order valence-corrected chi connectivity index (χ2v) is 3.54. The Bertz CT molecular complexity index is 347. The Balaban J connectivity index is 2.81. The van der Waals surface area contributed by atoms with Gasteiger partial charge in [0.25, 0.3) is 0 Å². The Hall–Kier alpha value is -0.940. The summed E-state index contributed by atoms with van der Waals surface area (Å²) >= 11 is 3.30. The van der Waals surface area contributed by atoms with E-state index in [4.69, 9.17) is 0 Å². The Labute approximate surface area is 86.9 Å². The minimum Gasteiger partial charge on any atom is -0.508 e. The van der Waals surface area contributed by atoms with Gasteiger partial charge >= 0.3 is 0 Å². The lowest BCUT2D eigenvalue weighted by Gasteiger charge is -1.97. The smallest absolute Gasteiger partial charge is 0.119 e. The molecule has 2 heteroatoms. The van der Waals surface area contributed by atoms with Crippen LogP contribution in [0.25, 0.3) is 0 Å². The van der Waals surface area contributed by atoms with Crippen molar-refractivity contribution in [1.29, 1.82) is 0 Å². The van der Waals surface area contributed by atoms with E-state index in [1.54, 1.807) is 6.07 Å². The van der Waals surface area contributed by atoms with Crippen LogP contribution >= 0.6 is 15.9 Å². The van der Waals surface area contributed by atoms with Crippen LogP contribution < -0.4 is 0 Å². The van der Waals surface area contributed by atoms with E-state index in [9.17, 15) is 5.11 Å². The number of aryl methyl sites for hydroxylation is 1. The van der Waals surface area contributed by atoms with Crippen molar-refractivity contribution in [3.8, 4) is 17.6 Å². The number of benzene rings is 1. The number of phenolic OH excluding ortho intramolecular Hbond substituents is 1. The normalized spacial score (nSPS) is 9.08. The first-order valence-corrected chi connectivity index (χ1v) is 5.20. The van der Waals surface area contributed by atoms with Crippen molar-refractivity contribution in [2.75, 3.05) is 5.33 Å². The van der Waals surface area contributed by atoms with Gasteiger partial charge in [-0.05, 0) is 24.6 Å². The van der Waals surface area contributed by atoms with Gasteiger partial charge in [-0.2, -0.15) is 0 Å². The first kappa shape index (κ1) is 10.1. The van der Waals surface area contributed by atoms with Crippen molar-refractivity contribution in [3.63, 3.8) is 0 Å². The molecule has 1 N–H and O–H groups in total. The van der Waals surface area contributed by atoms with Crippen LogP contribution in [-0.4, -0.2) is 10.4 Å². The summed E-state index contributed by atoms with van der Waals surface area (Å²) in [6, 6.07) is 5.47. The molecule has 0 bridgehead atoms. The van der Waals surface area contributed by atoms with E-state index in [1.165, 1.54) is 0 Å². The lowest BCUT2D eigenvalue weighted by atomic mass is 10.1. The van der Waals surface area contributed by atoms with Crippen LogP contribution in [0, 0.1) is 18.8 Å². The molecule has 0 heterocycles. The third-order valence-corrected chi connectivity index (χ3v) is 2.06. The molecule has 0 spiro atoms. The van der Waals surface area contributed by atoms with Gasteiger partial charge in [0, 0.05) is 17.3 Å². The van der Waals surface area contributed by atoms with Gasteiger partial charge in [-0.15, -0.1) is 0 Å². The summed E-state index contributed by atoms with van der Waals surface area (Å²) in [5.41, 5.74) is 1.75. The van der Waals surface area contributed by atoms with Crippen LogP contribution in [0.2, 0.25) is 0 Å². The summed E-state index contributed by atoms with van der Waals surface area (Å²) in [7, 11) is 0. The summed E-state index contributed by atoms with van der Waals surface area (Å²) < 4.78 is 0. The highest BCUT2D eigenvalue weighted by Crippen LogP contribution is 2.16. The quantitative estimate of drug-likeness (QED) is 0.590. The van der Waals surface area contributed by atoms with E-state index in [2.05, 4.69) is 27.8 Å². The van der Waals surface area contributed by atoms with E-state index in [-0.39, 0.29) is 0 Å². The van der Waals surface area contributed by atoms with Gasteiger partial charge in [0.2, 0.25) is 0 Å². The molecule has 0 unspecified atom stereocenters. The van der Waals surface area contributed by atoms with Crippen LogP contribution in [0.1, 0.15) is 17.5 Å². The van der Waals surface area contributed by atoms with Gasteiger partial charge < -0.3 is 5.11 Å². The van der Waals surface area contributed by atoms with E-state index >= 15 is 0 Å². The first-order chi connectivity index (χ1) is 6.24. The van der Waals surface area contributed by atoms with Crippen molar-refractivity contribution < 1.29 is 5.11 Å². The molecule has 68 valence electrons. The molecule has 13 heavy (non-hydrogen) atoms. The zero-order chi connectivity index (χ0) is 9.68. The predicted molar refractivity (Wildman–Crippen MR) is 58.1 cm³/mol. The fourth-order valence-electron chi connectivity index (χ4n) is 0.899. The highest BCUT2D eigenvalue weighted by molar-refractivity contribution is 9.09. The fourth-order valence-corrected chi connectivity index (χ4v) is 1.10. The summed E-state index contributed by atoms with van der Waals surface area (Å²) in [4.78, 5) is 0. The summed E-state index contributed by atoms with van der Waals surface area (Å²) in [5, 5.41) is 10.3. The Morgan fingerprint density at radius 3 is 2.85 bits per heavy atom. The third-order valence-electron chi connectivity index (χ3n) is 1.66. The van der Waals surface area contributed by atoms with Crippen molar-refractivity contribution in [2.24, 2.45) is 0 Å². The lowest BCUT2D eigenvalue weighted by molar-refractivity contribution is 0.471. The van der Waals surface area contributed by atoms with Gasteiger partial charge in [0.15, 0.2) is 0 Å². The van der Waals surface area contributed by atoms with E-state index in [1.807, 2.05) is 19.1 Å². The van der Waals surface area contributed by atoms with Crippen LogP contribution in [0.5, 0.6) is 5.75 Å². The standard InChI is InChI=1S/C11H11BrO/c1-9-5-6-10(8-11(9)13)4-2-3-7-12/h5-6,8,13H,3,7H2,1H3. The van der Waals surface area contributed by atoms with Crippen LogP contribution in [0.3, 0.4) is 0 Å². The average Bonchev–Trinajstić information content (AvgIpc) is 2.12. The van der Waals surface area contributed by atoms with Crippen LogP contribution in [0.15, 0.2) is 18.2 Å². The lowest BCUT2D eigenvalue weighted by Crippen LogP contribution is -1.78. The first-order valence-electron chi connectivity index (χ1n) is 4.08. The molecule has 0 aliphatic rings. The van der Waals surface area contributed by atoms with Crippen LogP contribution in [0.4, 0.5) is 0 Å². The Kier molecular flexibility index (Phi) is 3.85. The summed E-state index contributed by atoms with van der Waals surface area (Å²) in [5.74, 6) is 6.27. The average molecular weight is 239 g/mol. The number of phenols is 1. The molecule has 0 saturated heterocycles. The second kappa shape index (κ2) is 4.94. The molecule has 0 saturated carbocycles. The molecule has 0 atom stereocenters. The molecule has 1 nitrogen and oxygen atoms in total. The molecule has 0 amide bonds. The third kappa shape index (κ3) is 3.12. The van der Waals surface area contributed by atoms with E-state index < -0.39 is 0 Å². The fraction of sp³-hybridized carbons (Fsp3) is 0.273. The maximum Gasteiger partial charge on any atom is 0.119 e. The molecule has 0 aromatic heterocycles. The molecule has 0 aliphatic carbocycles. The largest absolute Gasteiger partial charge is 0.508 e. The number of aromatic hydroxyl groups is 1. The number of alkyl halides is 1. The zero-order valence-electron chi connectivity index (χ0n) is 7.47. The zero-order valence-corrected chi connectivity index (χ0v) is 9.06. The van der Waals surface area contributed by atoms with Gasteiger partial charge in [0.1, 0.15) is 5.75 Å². The molecule has 0 fully saturated rings. The molecule has 0 aliphatic heterocycles.